The number of carbonyl (C=O) groups is 1. The SMILES string of the molecule is CC(C)C1CCCN1C1CCC(=O)CC1. The summed E-state index contributed by atoms with van der Waals surface area (Å²) in [6.07, 6.45) is 6.59. The van der Waals surface area contributed by atoms with E-state index < -0.39 is 0 Å². The van der Waals surface area contributed by atoms with E-state index in [4.69, 9.17) is 0 Å². The summed E-state index contributed by atoms with van der Waals surface area (Å²) >= 11 is 0. The van der Waals surface area contributed by atoms with E-state index in [1.54, 1.807) is 0 Å². The number of Topliss-reactive ketones (excluding diaryl/α,β-unsaturated/α-hetero) is 1. The van der Waals surface area contributed by atoms with Gasteiger partial charge in [0.2, 0.25) is 0 Å². The quantitative estimate of drug-likeness (QED) is 0.697. The van der Waals surface area contributed by atoms with E-state index in [0.29, 0.717) is 11.8 Å². The Morgan fingerprint density at radius 1 is 1.20 bits per heavy atom. The molecule has 1 atom stereocenters. The zero-order chi connectivity index (χ0) is 10.8. The highest BCUT2D eigenvalue weighted by Crippen LogP contribution is 2.31. The van der Waals surface area contributed by atoms with Crippen molar-refractivity contribution in [2.75, 3.05) is 6.54 Å². The lowest BCUT2D eigenvalue weighted by molar-refractivity contribution is -0.121. The number of hydrogen-bond acceptors (Lipinski definition) is 2. The van der Waals surface area contributed by atoms with Crippen molar-refractivity contribution in [3.05, 3.63) is 0 Å². The van der Waals surface area contributed by atoms with Gasteiger partial charge in [0, 0.05) is 24.9 Å². The molecule has 0 aromatic carbocycles. The minimum atomic E-state index is 0.478. The van der Waals surface area contributed by atoms with E-state index >= 15 is 0 Å². The zero-order valence-electron chi connectivity index (χ0n) is 10.0. The molecule has 0 radical (unpaired) electrons. The molecular formula is C13H23NO. The van der Waals surface area contributed by atoms with Gasteiger partial charge in [-0.3, -0.25) is 9.69 Å². The summed E-state index contributed by atoms with van der Waals surface area (Å²) in [6.45, 7) is 5.93. The molecule has 0 aromatic rings. The maximum Gasteiger partial charge on any atom is 0.133 e. The lowest BCUT2D eigenvalue weighted by atomic mass is 9.91. The van der Waals surface area contributed by atoms with Crippen LogP contribution in [0.1, 0.15) is 52.4 Å². The van der Waals surface area contributed by atoms with Crippen molar-refractivity contribution in [1.29, 1.82) is 0 Å². The number of rotatable bonds is 2. The second-order valence-corrected chi connectivity index (χ2v) is 5.46. The Bertz CT molecular complexity index is 227. The van der Waals surface area contributed by atoms with Gasteiger partial charge in [0.15, 0.2) is 0 Å². The van der Waals surface area contributed by atoms with E-state index in [-0.39, 0.29) is 0 Å². The summed E-state index contributed by atoms with van der Waals surface area (Å²) in [7, 11) is 0. The maximum atomic E-state index is 11.2. The van der Waals surface area contributed by atoms with E-state index in [9.17, 15) is 4.79 Å². The summed E-state index contributed by atoms with van der Waals surface area (Å²) < 4.78 is 0. The fourth-order valence-electron chi connectivity index (χ4n) is 3.24. The van der Waals surface area contributed by atoms with E-state index in [2.05, 4.69) is 18.7 Å². The molecule has 1 saturated heterocycles. The van der Waals surface area contributed by atoms with Gasteiger partial charge < -0.3 is 0 Å². The Morgan fingerprint density at radius 3 is 2.47 bits per heavy atom. The number of hydrogen-bond donors (Lipinski definition) is 0. The lowest BCUT2D eigenvalue weighted by Crippen LogP contribution is -2.43. The van der Waals surface area contributed by atoms with Gasteiger partial charge in [-0.05, 0) is 38.1 Å². The predicted octanol–water partition coefficient (Wildman–Crippen LogP) is 2.62. The lowest BCUT2D eigenvalue weighted by Gasteiger charge is -2.36. The Hall–Kier alpha value is -0.370. The number of nitrogens with zero attached hydrogens (tertiary/aromatic N) is 1. The molecule has 1 aliphatic carbocycles. The van der Waals surface area contributed by atoms with Crippen LogP contribution in [0.2, 0.25) is 0 Å². The van der Waals surface area contributed by atoms with E-state index in [1.807, 2.05) is 0 Å². The minimum Gasteiger partial charge on any atom is -0.300 e. The highest BCUT2D eigenvalue weighted by Gasteiger charge is 2.33. The maximum absolute atomic E-state index is 11.2. The first-order valence-electron chi connectivity index (χ1n) is 6.46. The molecule has 1 saturated carbocycles. The average molecular weight is 209 g/mol. The van der Waals surface area contributed by atoms with E-state index in [0.717, 1.165) is 37.6 Å². The molecule has 2 nitrogen and oxygen atoms in total. The van der Waals surface area contributed by atoms with Crippen LogP contribution in [-0.2, 0) is 4.79 Å². The first kappa shape index (κ1) is 11.1. The molecule has 2 aliphatic rings. The van der Waals surface area contributed by atoms with Crippen molar-refractivity contribution in [3.63, 3.8) is 0 Å². The molecule has 0 bridgehead atoms. The zero-order valence-corrected chi connectivity index (χ0v) is 10.0. The van der Waals surface area contributed by atoms with Gasteiger partial charge in [0.25, 0.3) is 0 Å². The van der Waals surface area contributed by atoms with Gasteiger partial charge >= 0.3 is 0 Å². The van der Waals surface area contributed by atoms with E-state index in [1.165, 1.54) is 19.4 Å². The van der Waals surface area contributed by atoms with Gasteiger partial charge in [-0.25, -0.2) is 0 Å². The smallest absolute Gasteiger partial charge is 0.133 e. The highest BCUT2D eigenvalue weighted by atomic mass is 16.1. The van der Waals surface area contributed by atoms with Gasteiger partial charge in [-0.15, -0.1) is 0 Å². The van der Waals surface area contributed by atoms with Crippen molar-refractivity contribution in [3.8, 4) is 0 Å². The summed E-state index contributed by atoms with van der Waals surface area (Å²) in [4.78, 5) is 13.9. The van der Waals surface area contributed by atoms with Gasteiger partial charge in [0.1, 0.15) is 5.78 Å². The predicted molar refractivity (Wildman–Crippen MR) is 61.8 cm³/mol. The van der Waals surface area contributed by atoms with Crippen molar-refractivity contribution in [2.45, 2.75) is 64.5 Å². The Balaban J connectivity index is 1.94. The monoisotopic (exact) mass is 209 g/mol. The Morgan fingerprint density at radius 2 is 1.87 bits per heavy atom. The first-order valence-corrected chi connectivity index (χ1v) is 6.46. The molecule has 0 spiro atoms. The summed E-state index contributed by atoms with van der Waals surface area (Å²) in [5.41, 5.74) is 0. The molecule has 2 rings (SSSR count). The summed E-state index contributed by atoms with van der Waals surface area (Å²) in [5, 5.41) is 0. The van der Waals surface area contributed by atoms with Crippen LogP contribution in [0.25, 0.3) is 0 Å². The largest absolute Gasteiger partial charge is 0.300 e. The van der Waals surface area contributed by atoms with Crippen LogP contribution in [0.15, 0.2) is 0 Å². The van der Waals surface area contributed by atoms with Crippen LogP contribution in [0.5, 0.6) is 0 Å². The number of ketones is 1. The average Bonchev–Trinajstić information content (AvgIpc) is 2.67. The number of likely N-dealkylation sites (tertiary alicyclic amines) is 1. The van der Waals surface area contributed by atoms with Gasteiger partial charge in [-0.1, -0.05) is 13.8 Å². The second kappa shape index (κ2) is 4.65. The van der Waals surface area contributed by atoms with Crippen molar-refractivity contribution >= 4 is 5.78 Å². The highest BCUT2D eigenvalue weighted by molar-refractivity contribution is 5.79. The second-order valence-electron chi connectivity index (χ2n) is 5.46. The van der Waals surface area contributed by atoms with Crippen LogP contribution in [0, 0.1) is 5.92 Å². The van der Waals surface area contributed by atoms with Gasteiger partial charge in [0.05, 0.1) is 0 Å². The molecule has 1 heterocycles. The summed E-state index contributed by atoms with van der Waals surface area (Å²) in [5.74, 6) is 1.25. The van der Waals surface area contributed by atoms with Crippen LogP contribution < -0.4 is 0 Å². The normalized spacial score (nSPS) is 30.3. The van der Waals surface area contributed by atoms with Crippen molar-refractivity contribution < 1.29 is 4.79 Å². The number of carbonyl (C=O) groups excluding carboxylic acids is 1. The molecular weight excluding hydrogens is 186 g/mol. The van der Waals surface area contributed by atoms with Gasteiger partial charge in [-0.2, -0.15) is 0 Å². The Labute approximate surface area is 93.0 Å². The van der Waals surface area contributed by atoms with Crippen LogP contribution in [0.4, 0.5) is 0 Å². The molecule has 0 N–H and O–H groups in total. The first-order chi connectivity index (χ1) is 7.18. The fraction of sp³-hybridized carbons (Fsp3) is 0.923. The Kier molecular flexibility index (Phi) is 3.45. The van der Waals surface area contributed by atoms with Crippen LogP contribution >= 0.6 is 0 Å². The van der Waals surface area contributed by atoms with Crippen molar-refractivity contribution in [1.82, 2.24) is 4.90 Å². The summed E-state index contributed by atoms with van der Waals surface area (Å²) in [6, 6.07) is 1.49. The molecule has 86 valence electrons. The molecule has 1 unspecified atom stereocenters. The third-order valence-electron chi connectivity index (χ3n) is 4.09. The molecule has 0 amide bonds. The molecule has 0 aromatic heterocycles. The third kappa shape index (κ3) is 2.41. The molecule has 2 fully saturated rings. The third-order valence-corrected chi connectivity index (χ3v) is 4.09. The fourth-order valence-corrected chi connectivity index (χ4v) is 3.24. The van der Waals surface area contributed by atoms with Crippen LogP contribution in [-0.4, -0.2) is 29.3 Å². The standard InChI is InChI=1S/C13H23NO/c1-10(2)13-4-3-9-14(13)11-5-7-12(15)8-6-11/h10-11,13H,3-9H2,1-2H3. The molecule has 2 heteroatoms. The molecule has 15 heavy (non-hydrogen) atoms. The topological polar surface area (TPSA) is 20.3 Å². The van der Waals surface area contributed by atoms with Crippen molar-refractivity contribution in [2.24, 2.45) is 5.92 Å². The molecule has 1 aliphatic heterocycles. The van der Waals surface area contributed by atoms with Crippen LogP contribution in [0.3, 0.4) is 0 Å². The minimum absolute atomic E-state index is 0.478.